The van der Waals surface area contributed by atoms with Crippen molar-refractivity contribution < 1.29 is 18.3 Å². The third-order valence-electron chi connectivity index (χ3n) is 3.05. The maximum Gasteiger partial charge on any atom is 0.271 e. The fraction of sp³-hybridized carbons (Fsp3) is 0.286. The van der Waals surface area contributed by atoms with E-state index < -0.39 is 10.0 Å². The smallest absolute Gasteiger partial charge is 0.271 e. The predicted molar refractivity (Wildman–Crippen MR) is 83.5 cm³/mol. The van der Waals surface area contributed by atoms with Crippen molar-refractivity contribution in [2.75, 3.05) is 11.8 Å². The van der Waals surface area contributed by atoms with Crippen molar-refractivity contribution in [3.63, 3.8) is 0 Å². The fourth-order valence-corrected chi connectivity index (χ4v) is 4.42. The van der Waals surface area contributed by atoms with Crippen LogP contribution in [0, 0.1) is 13.8 Å². The van der Waals surface area contributed by atoms with Gasteiger partial charge in [0.15, 0.2) is 0 Å². The molecule has 0 fully saturated rings. The van der Waals surface area contributed by atoms with E-state index in [9.17, 15) is 8.42 Å². The molecule has 0 aliphatic rings. The van der Waals surface area contributed by atoms with Crippen LogP contribution in [0.4, 0.5) is 5.69 Å². The summed E-state index contributed by atoms with van der Waals surface area (Å²) in [4.78, 5) is 0.654. The van der Waals surface area contributed by atoms with E-state index in [1.165, 1.54) is 0 Å². The van der Waals surface area contributed by atoms with Crippen molar-refractivity contribution in [2.24, 2.45) is 0 Å². The number of thiophene rings is 1. The van der Waals surface area contributed by atoms with Crippen LogP contribution in [0.2, 0.25) is 0 Å². The van der Waals surface area contributed by atoms with Gasteiger partial charge in [-0.25, -0.2) is 8.42 Å². The number of aliphatic hydroxyl groups excluding tert-OH is 1. The first-order valence-electron chi connectivity index (χ1n) is 6.25. The van der Waals surface area contributed by atoms with Gasteiger partial charge in [0.2, 0.25) is 0 Å². The molecule has 2 N–H and O–H groups in total. The first-order valence-corrected chi connectivity index (χ1v) is 8.55. The largest absolute Gasteiger partial charge is 0.496 e. The highest BCUT2D eigenvalue weighted by molar-refractivity contribution is 7.94. The molecule has 21 heavy (non-hydrogen) atoms. The van der Waals surface area contributed by atoms with E-state index in [0.717, 1.165) is 22.5 Å². The van der Waals surface area contributed by atoms with Crippen molar-refractivity contribution in [1.29, 1.82) is 0 Å². The van der Waals surface area contributed by atoms with Gasteiger partial charge in [0.1, 0.15) is 9.96 Å². The Morgan fingerprint density at radius 2 is 1.95 bits per heavy atom. The second-order valence-electron chi connectivity index (χ2n) is 4.62. The van der Waals surface area contributed by atoms with Gasteiger partial charge in [-0.05, 0) is 49.2 Å². The maximum absolute atomic E-state index is 12.3. The number of hydrogen-bond acceptors (Lipinski definition) is 5. The summed E-state index contributed by atoms with van der Waals surface area (Å²) in [6.45, 7) is 3.46. The Morgan fingerprint density at radius 1 is 1.24 bits per heavy atom. The Kier molecular flexibility index (Phi) is 4.55. The number of anilines is 1. The summed E-state index contributed by atoms with van der Waals surface area (Å²) >= 11 is 1.07. The molecular weight excluding hydrogens is 310 g/mol. The lowest BCUT2D eigenvalue weighted by molar-refractivity contribution is 0.285. The second kappa shape index (κ2) is 6.05. The molecule has 0 saturated heterocycles. The first kappa shape index (κ1) is 15.8. The van der Waals surface area contributed by atoms with E-state index in [-0.39, 0.29) is 10.8 Å². The van der Waals surface area contributed by atoms with Crippen LogP contribution in [0.25, 0.3) is 0 Å². The Morgan fingerprint density at radius 3 is 2.48 bits per heavy atom. The van der Waals surface area contributed by atoms with Crippen molar-refractivity contribution in [3.05, 3.63) is 40.3 Å². The maximum atomic E-state index is 12.3. The first-order chi connectivity index (χ1) is 9.87. The lowest BCUT2D eigenvalue weighted by Gasteiger charge is -2.09. The second-order valence-corrected chi connectivity index (χ2v) is 7.67. The van der Waals surface area contributed by atoms with Gasteiger partial charge in [-0.3, -0.25) is 4.72 Å². The molecule has 1 aromatic carbocycles. The topological polar surface area (TPSA) is 75.6 Å². The molecule has 0 spiro atoms. The Balaban J connectivity index is 2.30. The minimum absolute atomic E-state index is 0.159. The zero-order chi connectivity index (χ0) is 15.6. The van der Waals surface area contributed by atoms with E-state index >= 15 is 0 Å². The lowest BCUT2D eigenvalue weighted by Crippen LogP contribution is -2.11. The molecule has 0 amide bonds. The molecular formula is C14H17NO4S2. The number of hydrogen-bond donors (Lipinski definition) is 2. The van der Waals surface area contributed by atoms with Crippen molar-refractivity contribution >= 4 is 27.0 Å². The van der Waals surface area contributed by atoms with Gasteiger partial charge in [-0.1, -0.05) is 0 Å². The van der Waals surface area contributed by atoms with Crippen LogP contribution in [0.15, 0.2) is 28.5 Å². The fourth-order valence-electron chi connectivity index (χ4n) is 1.93. The zero-order valence-electron chi connectivity index (χ0n) is 12.0. The Hall–Kier alpha value is -1.57. The number of aryl methyl sites for hydroxylation is 2. The van der Waals surface area contributed by atoms with Crippen LogP contribution in [0.5, 0.6) is 5.75 Å². The van der Waals surface area contributed by atoms with Crippen molar-refractivity contribution in [3.8, 4) is 5.75 Å². The Labute approximate surface area is 128 Å². The average Bonchev–Trinajstić information content (AvgIpc) is 2.80. The highest BCUT2D eigenvalue weighted by atomic mass is 32.2. The minimum Gasteiger partial charge on any atom is -0.496 e. The van der Waals surface area contributed by atoms with Crippen molar-refractivity contribution in [2.45, 2.75) is 24.7 Å². The van der Waals surface area contributed by atoms with Gasteiger partial charge >= 0.3 is 0 Å². The van der Waals surface area contributed by atoms with Crippen LogP contribution in [-0.4, -0.2) is 20.6 Å². The highest BCUT2D eigenvalue weighted by Gasteiger charge is 2.19. The molecule has 5 nitrogen and oxygen atoms in total. The normalized spacial score (nSPS) is 11.4. The van der Waals surface area contributed by atoms with Gasteiger partial charge in [0, 0.05) is 10.6 Å². The summed E-state index contributed by atoms with van der Waals surface area (Å²) in [5.74, 6) is 0.701. The SMILES string of the molecule is COc1ccc(NS(=O)(=O)c2cc(C)c(CO)s2)cc1C. The molecule has 0 aliphatic carbocycles. The third kappa shape index (κ3) is 3.37. The van der Waals surface area contributed by atoms with E-state index in [0.29, 0.717) is 16.3 Å². The number of methoxy groups -OCH3 is 1. The molecule has 1 heterocycles. The van der Waals surface area contributed by atoms with E-state index in [1.807, 2.05) is 6.92 Å². The van der Waals surface area contributed by atoms with Crippen molar-refractivity contribution in [1.82, 2.24) is 0 Å². The molecule has 2 rings (SSSR count). The number of benzene rings is 1. The number of aliphatic hydroxyl groups is 1. The number of ether oxygens (including phenoxy) is 1. The molecule has 0 aliphatic heterocycles. The number of sulfonamides is 1. The van der Waals surface area contributed by atoms with E-state index in [4.69, 9.17) is 9.84 Å². The number of nitrogens with one attached hydrogen (secondary N) is 1. The molecule has 0 radical (unpaired) electrons. The summed E-state index contributed by atoms with van der Waals surface area (Å²) in [6, 6.07) is 6.64. The Bertz CT molecular complexity index is 750. The van der Waals surface area contributed by atoms with E-state index in [2.05, 4.69) is 4.72 Å². The van der Waals surface area contributed by atoms with E-state index in [1.54, 1.807) is 38.3 Å². The van der Waals surface area contributed by atoms with Crippen LogP contribution in [-0.2, 0) is 16.6 Å². The molecule has 0 unspecified atom stereocenters. The summed E-state index contributed by atoms with van der Waals surface area (Å²) in [5, 5.41) is 9.16. The average molecular weight is 327 g/mol. The summed E-state index contributed by atoms with van der Waals surface area (Å²) < 4.78 is 32.5. The van der Waals surface area contributed by atoms with Gasteiger partial charge in [-0.15, -0.1) is 11.3 Å². The molecule has 0 bridgehead atoms. The summed E-state index contributed by atoms with van der Waals surface area (Å²) in [7, 11) is -2.08. The minimum atomic E-state index is -3.64. The zero-order valence-corrected chi connectivity index (χ0v) is 13.6. The number of rotatable bonds is 5. The molecule has 0 saturated carbocycles. The van der Waals surface area contributed by atoms with Crippen LogP contribution >= 0.6 is 11.3 Å². The van der Waals surface area contributed by atoms with Crippen LogP contribution < -0.4 is 9.46 Å². The van der Waals surface area contributed by atoms with Crippen LogP contribution in [0.1, 0.15) is 16.0 Å². The van der Waals surface area contributed by atoms with Gasteiger partial charge < -0.3 is 9.84 Å². The summed E-state index contributed by atoms with van der Waals surface area (Å²) in [6.07, 6.45) is 0. The third-order valence-corrected chi connectivity index (χ3v) is 6.13. The molecule has 7 heteroatoms. The molecule has 2 aromatic rings. The molecule has 114 valence electrons. The quantitative estimate of drug-likeness (QED) is 0.885. The van der Waals surface area contributed by atoms with Gasteiger partial charge in [-0.2, -0.15) is 0 Å². The monoisotopic (exact) mass is 327 g/mol. The highest BCUT2D eigenvalue weighted by Crippen LogP contribution is 2.29. The van der Waals surface area contributed by atoms with Gasteiger partial charge in [0.25, 0.3) is 10.0 Å². The van der Waals surface area contributed by atoms with Gasteiger partial charge in [0.05, 0.1) is 13.7 Å². The standard InChI is InChI=1S/C14H17NO4S2/c1-9-6-11(4-5-12(9)19-3)15-21(17,18)14-7-10(2)13(8-16)20-14/h4-7,15-16H,8H2,1-3H3. The molecule has 0 atom stereocenters. The molecule has 1 aromatic heterocycles. The lowest BCUT2D eigenvalue weighted by atomic mass is 10.2. The summed E-state index contributed by atoms with van der Waals surface area (Å²) in [5.41, 5.74) is 2.09. The predicted octanol–water partition coefficient (Wildman–Crippen LogP) is 2.67. The van der Waals surface area contributed by atoms with Crippen LogP contribution in [0.3, 0.4) is 0 Å².